The van der Waals surface area contributed by atoms with E-state index < -0.39 is 0 Å². The molecule has 1 saturated heterocycles. The van der Waals surface area contributed by atoms with Crippen LogP contribution in [0.1, 0.15) is 30.4 Å². The Bertz CT molecular complexity index is 541. The van der Waals surface area contributed by atoms with E-state index in [4.69, 9.17) is 5.11 Å². The van der Waals surface area contributed by atoms with Crippen LogP contribution >= 0.6 is 11.8 Å². The van der Waals surface area contributed by atoms with Gasteiger partial charge in [0.15, 0.2) is 0 Å². The quantitative estimate of drug-likeness (QED) is 0.871. The first-order valence-electron chi connectivity index (χ1n) is 7.26. The summed E-state index contributed by atoms with van der Waals surface area (Å²) in [6.45, 7) is 0.464. The van der Waals surface area contributed by atoms with Crippen molar-refractivity contribution in [3.05, 3.63) is 35.4 Å². The predicted molar refractivity (Wildman–Crippen MR) is 87.0 cm³/mol. The van der Waals surface area contributed by atoms with E-state index in [1.54, 1.807) is 11.8 Å². The molecule has 2 rings (SSSR count). The molecule has 1 atom stereocenters. The molecule has 21 heavy (non-hydrogen) atoms. The Morgan fingerprint density at radius 3 is 3.05 bits per heavy atom. The molecular weight excluding hydrogens is 282 g/mol. The van der Waals surface area contributed by atoms with E-state index in [2.05, 4.69) is 11.8 Å². The summed E-state index contributed by atoms with van der Waals surface area (Å²) in [6.07, 6.45) is 3.38. The molecule has 3 nitrogen and oxygen atoms in total. The van der Waals surface area contributed by atoms with Crippen molar-refractivity contribution in [2.75, 3.05) is 19.4 Å². The highest BCUT2D eigenvalue weighted by Crippen LogP contribution is 2.26. The number of nitrogens with zero attached hydrogens (tertiary/aromatic N) is 1. The van der Waals surface area contributed by atoms with Crippen LogP contribution < -0.4 is 0 Å². The van der Waals surface area contributed by atoms with Gasteiger partial charge in [-0.1, -0.05) is 30.4 Å². The summed E-state index contributed by atoms with van der Waals surface area (Å²) >= 11 is 1.78. The first-order valence-corrected chi connectivity index (χ1v) is 8.31. The number of amides is 1. The maximum absolute atomic E-state index is 12.4. The van der Waals surface area contributed by atoms with Gasteiger partial charge in [0.1, 0.15) is 6.61 Å². The van der Waals surface area contributed by atoms with Crippen molar-refractivity contribution in [3.8, 4) is 11.8 Å². The van der Waals surface area contributed by atoms with Gasteiger partial charge in [-0.05, 0) is 36.3 Å². The van der Waals surface area contributed by atoms with Crippen LogP contribution in [0.5, 0.6) is 0 Å². The fourth-order valence-electron chi connectivity index (χ4n) is 2.42. The summed E-state index contributed by atoms with van der Waals surface area (Å²) in [7, 11) is 1.86. The summed E-state index contributed by atoms with van der Waals surface area (Å²) in [6, 6.07) is 7.82. The molecule has 1 aromatic carbocycles. The maximum Gasteiger partial charge on any atom is 0.235 e. The molecule has 0 aliphatic carbocycles. The van der Waals surface area contributed by atoms with Gasteiger partial charge in [0, 0.05) is 19.2 Å². The third kappa shape index (κ3) is 4.80. The van der Waals surface area contributed by atoms with Gasteiger partial charge in [-0.25, -0.2) is 0 Å². The van der Waals surface area contributed by atoms with E-state index >= 15 is 0 Å². The molecule has 1 aliphatic heterocycles. The smallest absolute Gasteiger partial charge is 0.235 e. The fourth-order valence-corrected chi connectivity index (χ4v) is 3.73. The Labute approximate surface area is 130 Å². The lowest BCUT2D eigenvalue weighted by Gasteiger charge is -2.26. The average molecular weight is 303 g/mol. The van der Waals surface area contributed by atoms with Crippen LogP contribution in [0.3, 0.4) is 0 Å². The lowest BCUT2D eigenvalue weighted by atomic mass is 10.1. The number of carbonyl (C=O) groups is 1. The lowest BCUT2D eigenvalue weighted by Crippen LogP contribution is -2.35. The Kier molecular flexibility index (Phi) is 6.16. The lowest BCUT2D eigenvalue weighted by molar-refractivity contribution is -0.130. The van der Waals surface area contributed by atoms with Crippen molar-refractivity contribution >= 4 is 17.7 Å². The Morgan fingerprint density at radius 2 is 2.33 bits per heavy atom. The van der Waals surface area contributed by atoms with Crippen LogP contribution in [0.25, 0.3) is 0 Å². The molecule has 1 aliphatic rings. The van der Waals surface area contributed by atoms with Crippen molar-refractivity contribution < 1.29 is 9.90 Å². The van der Waals surface area contributed by atoms with Gasteiger partial charge in [0.25, 0.3) is 0 Å². The van der Waals surface area contributed by atoms with Crippen LogP contribution in [0.2, 0.25) is 0 Å². The summed E-state index contributed by atoms with van der Waals surface area (Å²) in [5, 5.41) is 8.86. The van der Waals surface area contributed by atoms with Gasteiger partial charge in [0.2, 0.25) is 5.91 Å². The summed E-state index contributed by atoms with van der Waals surface area (Å²) in [5.41, 5.74) is 1.94. The number of benzene rings is 1. The largest absolute Gasteiger partial charge is 0.384 e. The summed E-state index contributed by atoms with van der Waals surface area (Å²) in [5.74, 6) is 6.86. The molecule has 0 radical (unpaired) electrons. The minimum atomic E-state index is -0.137. The van der Waals surface area contributed by atoms with Crippen LogP contribution in [-0.2, 0) is 11.3 Å². The van der Waals surface area contributed by atoms with Gasteiger partial charge in [-0.15, -0.1) is 11.8 Å². The van der Waals surface area contributed by atoms with Crippen molar-refractivity contribution in [2.45, 2.75) is 31.1 Å². The Balaban J connectivity index is 1.98. The van der Waals surface area contributed by atoms with E-state index in [9.17, 15) is 4.79 Å². The molecule has 1 unspecified atom stereocenters. The van der Waals surface area contributed by atoms with E-state index in [0.29, 0.717) is 6.54 Å². The SMILES string of the molecule is CN(Cc1cccc(C#CCO)c1)C(=O)C1CCCCS1. The standard InChI is InChI=1S/C17H21NO2S/c1-18(17(20)16-9-2-3-11-21-16)13-15-7-4-6-14(12-15)8-5-10-19/h4,6-7,12,16,19H,2-3,9-11,13H2,1H3. The molecule has 0 bridgehead atoms. The minimum Gasteiger partial charge on any atom is -0.384 e. The number of hydrogen-bond acceptors (Lipinski definition) is 3. The average Bonchev–Trinajstić information content (AvgIpc) is 2.53. The molecule has 4 heteroatoms. The molecule has 0 saturated carbocycles. The Morgan fingerprint density at radius 1 is 1.48 bits per heavy atom. The number of aliphatic hydroxyl groups excluding tert-OH is 1. The maximum atomic E-state index is 12.4. The number of aliphatic hydroxyl groups is 1. The Hall–Kier alpha value is -1.44. The van der Waals surface area contributed by atoms with Gasteiger partial charge < -0.3 is 10.0 Å². The first-order chi connectivity index (χ1) is 10.2. The minimum absolute atomic E-state index is 0.126. The number of thioether (sulfide) groups is 1. The monoisotopic (exact) mass is 303 g/mol. The topological polar surface area (TPSA) is 40.5 Å². The van der Waals surface area contributed by atoms with Crippen molar-refractivity contribution in [1.82, 2.24) is 4.90 Å². The second-order valence-electron chi connectivity index (χ2n) is 5.21. The first kappa shape index (κ1) is 15.9. The molecule has 1 fully saturated rings. The van der Waals surface area contributed by atoms with E-state index in [1.807, 2.05) is 36.2 Å². The summed E-state index contributed by atoms with van der Waals surface area (Å²) in [4.78, 5) is 14.2. The number of carbonyl (C=O) groups excluding carboxylic acids is 1. The molecule has 112 valence electrons. The summed E-state index contributed by atoms with van der Waals surface area (Å²) < 4.78 is 0. The zero-order valence-corrected chi connectivity index (χ0v) is 13.2. The van der Waals surface area contributed by atoms with Crippen LogP contribution in [-0.4, -0.2) is 40.6 Å². The molecule has 0 spiro atoms. The molecule has 1 aromatic rings. The molecule has 0 aromatic heterocycles. The second-order valence-corrected chi connectivity index (χ2v) is 6.52. The predicted octanol–water partition coefficient (Wildman–Crippen LogP) is 2.27. The van der Waals surface area contributed by atoms with Crippen molar-refractivity contribution in [3.63, 3.8) is 0 Å². The third-order valence-corrected chi connectivity index (χ3v) is 4.85. The van der Waals surface area contributed by atoms with Crippen LogP contribution in [0.4, 0.5) is 0 Å². The molecule has 1 heterocycles. The van der Waals surface area contributed by atoms with Gasteiger partial charge >= 0.3 is 0 Å². The van der Waals surface area contributed by atoms with Crippen LogP contribution in [0, 0.1) is 11.8 Å². The van der Waals surface area contributed by atoms with Crippen molar-refractivity contribution in [1.29, 1.82) is 0 Å². The van der Waals surface area contributed by atoms with Gasteiger partial charge in [-0.3, -0.25) is 4.79 Å². The fraction of sp³-hybridized carbons (Fsp3) is 0.471. The zero-order valence-electron chi connectivity index (χ0n) is 12.3. The zero-order chi connectivity index (χ0) is 15.1. The van der Waals surface area contributed by atoms with E-state index in [1.165, 1.54) is 6.42 Å². The number of rotatable bonds is 3. The number of hydrogen-bond donors (Lipinski definition) is 1. The molecule has 1 N–H and O–H groups in total. The van der Waals surface area contributed by atoms with Crippen LogP contribution in [0.15, 0.2) is 24.3 Å². The normalized spacial score (nSPS) is 17.7. The van der Waals surface area contributed by atoms with Gasteiger partial charge in [-0.2, -0.15) is 0 Å². The highest BCUT2D eigenvalue weighted by Gasteiger charge is 2.24. The highest BCUT2D eigenvalue weighted by molar-refractivity contribution is 8.00. The van der Waals surface area contributed by atoms with Gasteiger partial charge in [0.05, 0.1) is 5.25 Å². The molecule has 1 amide bonds. The second kappa shape index (κ2) is 8.11. The molecular formula is C17H21NO2S. The highest BCUT2D eigenvalue weighted by atomic mass is 32.2. The van der Waals surface area contributed by atoms with E-state index in [-0.39, 0.29) is 17.8 Å². The van der Waals surface area contributed by atoms with E-state index in [0.717, 1.165) is 29.7 Å². The third-order valence-electron chi connectivity index (χ3n) is 3.49. The van der Waals surface area contributed by atoms with Crippen molar-refractivity contribution in [2.24, 2.45) is 0 Å².